The number of benzene rings is 1. The molecule has 0 aliphatic carbocycles. The standard InChI is InChI=1S/C23H34F3N5O5/c1-4-6-19(32)18(12-27-14(2)3)29-20(33)13-28-21(34)16-11-15(23(24,25)26)7-8-17(16)30-22(35)36-31-9-5-10-31/h7-8,11,14,18-19,27,32H,4-6,9-10,12-13H2,1-3H3,(H,28,34)(H,29,33)(H,30,35)/t18-,19-/m0/s1. The fraction of sp³-hybridized carbons (Fsp3) is 0.609. The molecule has 3 amide bonds. The highest BCUT2D eigenvalue weighted by Crippen LogP contribution is 2.32. The first-order valence-corrected chi connectivity index (χ1v) is 11.8. The van der Waals surface area contributed by atoms with Crippen LogP contribution >= 0.6 is 0 Å². The lowest BCUT2D eigenvalue weighted by Gasteiger charge is -2.28. The lowest BCUT2D eigenvalue weighted by Crippen LogP contribution is -2.52. The lowest BCUT2D eigenvalue weighted by atomic mass is 10.1. The van der Waals surface area contributed by atoms with Crippen molar-refractivity contribution in [2.24, 2.45) is 0 Å². The Morgan fingerprint density at radius 3 is 2.44 bits per heavy atom. The van der Waals surface area contributed by atoms with Crippen LogP contribution < -0.4 is 21.3 Å². The van der Waals surface area contributed by atoms with Crippen molar-refractivity contribution in [1.29, 1.82) is 0 Å². The van der Waals surface area contributed by atoms with Crippen LogP contribution in [0.3, 0.4) is 0 Å². The Labute approximate surface area is 207 Å². The van der Waals surface area contributed by atoms with Crippen LogP contribution in [0.5, 0.6) is 0 Å². The summed E-state index contributed by atoms with van der Waals surface area (Å²) in [6.45, 7) is 6.51. The second-order valence-electron chi connectivity index (χ2n) is 8.82. The monoisotopic (exact) mass is 517 g/mol. The summed E-state index contributed by atoms with van der Waals surface area (Å²) >= 11 is 0. The van der Waals surface area contributed by atoms with Crippen LogP contribution in [0.4, 0.5) is 23.7 Å². The number of hydrogen-bond donors (Lipinski definition) is 5. The lowest BCUT2D eigenvalue weighted by molar-refractivity contribution is -0.137. The molecule has 2 atom stereocenters. The number of amides is 3. The summed E-state index contributed by atoms with van der Waals surface area (Å²) in [5.41, 5.74) is -1.78. The average molecular weight is 518 g/mol. The van der Waals surface area contributed by atoms with Crippen molar-refractivity contribution in [2.75, 3.05) is 31.5 Å². The fourth-order valence-electron chi connectivity index (χ4n) is 3.30. The van der Waals surface area contributed by atoms with Gasteiger partial charge in [0.05, 0.1) is 35.5 Å². The zero-order valence-corrected chi connectivity index (χ0v) is 20.6. The summed E-state index contributed by atoms with van der Waals surface area (Å²) in [5, 5.41) is 22.0. The van der Waals surface area contributed by atoms with E-state index in [0.717, 1.165) is 18.6 Å². The molecule has 0 unspecified atom stereocenters. The topological polar surface area (TPSA) is 132 Å². The third-order valence-corrected chi connectivity index (χ3v) is 5.41. The Kier molecular flexibility index (Phi) is 10.9. The SMILES string of the molecule is CCC[C@H](O)[C@H](CNC(C)C)NC(=O)CNC(=O)c1cc(C(F)(F)F)ccc1NC(=O)ON1CCC1. The molecule has 0 radical (unpaired) electrons. The van der Waals surface area contributed by atoms with Gasteiger partial charge in [0.25, 0.3) is 5.91 Å². The Hall–Kier alpha value is -2.90. The Bertz CT molecular complexity index is 909. The molecule has 13 heteroatoms. The number of anilines is 1. The summed E-state index contributed by atoms with van der Waals surface area (Å²) in [7, 11) is 0. The minimum absolute atomic E-state index is 0.109. The highest BCUT2D eigenvalue weighted by molar-refractivity contribution is 6.03. The molecular weight excluding hydrogens is 483 g/mol. The normalized spacial score (nSPS) is 15.6. The van der Waals surface area contributed by atoms with Gasteiger partial charge in [-0.3, -0.25) is 14.9 Å². The second-order valence-corrected chi connectivity index (χ2v) is 8.82. The molecule has 10 nitrogen and oxygen atoms in total. The molecule has 202 valence electrons. The van der Waals surface area contributed by atoms with Gasteiger partial charge >= 0.3 is 12.3 Å². The van der Waals surface area contributed by atoms with Crippen molar-refractivity contribution in [1.82, 2.24) is 21.0 Å². The summed E-state index contributed by atoms with van der Waals surface area (Å²) in [5.74, 6) is -1.63. The van der Waals surface area contributed by atoms with E-state index in [-0.39, 0.29) is 11.7 Å². The number of aliphatic hydroxyl groups excluding tert-OH is 1. The highest BCUT2D eigenvalue weighted by Gasteiger charge is 2.32. The summed E-state index contributed by atoms with van der Waals surface area (Å²) in [6.07, 6.45) is -4.52. The smallest absolute Gasteiger partial charge is 0.391 e. The van der Waals surface area contributed by atoms with E-state index < -0.39 is 53.9 Å². The molecule has 5 N–H and O–H groups in total. The van der Waals surface area contributed by atoms with Gasteiger partial charge in [0.1, 0.15) is 0 Å². The third-order valence-electron chi connectivity index (χ3n) is 5.41. The maximum Gasteiger partial charge on any atom is 0.430 e. The van der Waals surface area contributed by atoms with Crippen molar-refractivity contribution < 1.29 is 37.5 Å². The van der Waals surface area contributed by atoms with E-state index in [1.54, 1.807) is 0 Å². The zero-order valence-electron chi connectivity index (χ0n) is 20.6. The zero-order chi connectivity index (χ0) is 26.9. The van der Waals surface area contributed by atoms with E-state index in [9.17, 15) is 32.7 Å². The minimum atomic E-state index is -4.73. The largest absolute Gasteiger partial charge is 0.430 e. The predicted octanol–water partition coefficient (Wildman–Crippen LogP) is 2.25. The van der Waals surface area contributed by atoms with Gasteiger partial charge in [0.15, 0.2) is 0 Å². The first kappa shape index (κ1) is 29.3. The minimum Gasteiger partial charge on any atom is -0.391 e. The van der Waals surface area contributed by atoms with E-state index in [0.29, 0.717) is 38.5 Å². The van der Waals surface area contributed by atoms with Gasteiger partial charge in [-0.1, -0.05) is 27.2 Å². The van der Waals surface area contributed by atoms with Crippen molar-refractivity contribution in [3.05, 3.63) is 29.3 Å². The van der Waals surface area contributed by atoms with Crippen LogP contribution in [0.25, 0.3) is 0 Å². The number of hydrogen-bond acceptors (Lipinski definition) is 7. The maximum absolute atomic E-state index is 13.2. The van der Waals surface area contributed by atoms with E-state index in [1.165, 1.54) is 5.06 Å². The van der Waals surface area contributed by atoms with Gasteiger partial charge in [0, 0.05) is 25.7 Å². The van der Waals surface area contributed by atoms with Crippen LogP contribution in [0.2, 0.25) is 0 Å². The van der Waals surface area contributed by atoms with Crippen molar-refractivity contribution in [2.45, 2.75) is 64.4 Å². The molecular formula is C23H34F3N5O5. The number of alkyl halides is 3. The molecule has 2 rings (SSSR count). The van der Waals surface area contributed by atoms with E-state index in [4.69, 9.17) is 4.84 Å². The average Bonchev–Trinajstić information content (AvgIpc) is 2.77. The second kappa shape index (κ2) is 13.4. The van der Waals surface area contributed by atoms with Gasteiger partial charge < -0.3 is 25.9 Å². The number of nitrogens with one attached hydrogen (secondary N) is 4. The van der Waals surface area contributed by atoms with E-state index >= 15 is 0 Å². The van der Waals surface area contributed by atoms with E-state index in [1.807, 2.05) is 20.8 Å². The molecule has 36 heavy (non-hydrogen) atoms. The Morgan fingerprint density at radius 1 is 1.19 bits per heavy atom. The quantitative estimate of drug-likeness (QED) is 0.287. The Morgan fingerprint density at radius 2 is 1.89 bits per heavy atom. The number of carbonyl (C=O) groups excluding carboxylic acids is 3. The van der Waals surface area contributed by atoms with Crippen LogP contribution in [0, 0.1) is 0 Å². The molecule has 1 aromatic rings. The van der Waals surface area contributed by atoms with E-state index in [2.05, 4.69) is 21.3 Å². The number of aliphatic hydroxyl groups is 1. The molecule has 1 aromatic carbocycles. The predicted molar refractivity (Wildman–Crippen MR) is 126 cm³/mol. The fourth-order valence-corrected chi connectivity index (χ4v) is 3.30. The van der Waals surface area contributed by atoms with Gasteiger partial charge in [-0.15, -0.1) is 5.06 Å². The van der Waals surface area contributed by atoms with Crippen LogP contribution in [-0.2, 0) is 15.8 Å². The molecule has 0 spiro atoms. The first-order chi connectivity index (χ1) is 16.9. The van der Waals surface area contributed by atoms with Crippen molar-refractivity contribution >= 4 is 23.6 Å². The highest BCUT2D eigenvalue weighted by atomic mass is 19.4. The summed E-state index contributed by atoms with van der Waals surface area (Å²) in [4.78, 5) is 42.2. The molecule has 0 bridgehead atoms. The molecule has 1 aliphatic heterocycles. The summed E-state index contributed by atoms with van der Waals surface area (Å²) < 4.78 is 39.7. The first-order valence-electron chi connectivity index (χ1n) is 11.8. The number of halogens is 3. The number of carbonyl (C=O) groups is 3. The maximum atomic E-state index is 13.2. The molecule has 1 aliphatic rings. The number of hydroxylamine groups is 2. The molecule has 0 saturated carbocycles. The molecule has 1 heterocycles. The summed E-state index contributed by atoms with van der Waals surface area (Å²) in [6, 6.07) is 1.75. The van der Waals surface area contributed by atoms with Crippen molar-refractivity contribution in [3.63, 3.8) is 0 Å². The molecule has 0 aromatic heterocycles. The Balaban J connectivity index is 2.08. The van der Waals surface area contributed by atoms with Crippen LogP contribution in [0.15, 0.2) is 18.2 Å². The number of rotatable bonds is 12. The molecule has 1 saturated heterocycles. The van der Waals surface area contributed by atoms with Crippen LogP contribution in [-0.4, -0.2) is 72.4 Å². The van der Waals surface area contributed by atoms with Crippen LogP contribution in [0.1, 0.15) is 56.0 Å². The third kappa shape index (κ3) is 9.28. The number of nitrogens with zero attached hydrogens (tertiary/aromatic N) is 1. The molecule has 1 fully saturated rings. The van der Waals surface area contributed by atoms with Crippen molar-refractivity contribution in [3.8, 4) is 0 Å². The van der Waals surface area contributed by atoms with Gasteiger partial charge in [0.2, 0.25) is 5.91 Å². The van der Waals surface area contributed by atoms with Gasteiger partial charge in [-0.2, -0.15) is 13.2 Å². The van der Waals surface area contributed by atoms with Gasteiger partial charge in [-0.25, -0.2) is 4.79 Å². The van der Waals surface area contributed by atoms with Gasteiger partial charge in [-0.05, 0) is 31.0 Å².